The molecule has 5 nitrogen and oxygen atoms in total. The average molecular weight is 1150 g/mol. The van der Waals surface area contributed by atoms with Crippen molar-refractivity contribution in [3.05, 3.63) is 236 Å². The van der Waals surface area contributed by atoms with Crippen LogP contribution in [0.4, 0.5) is 0 Å². The quantitative estimate of drug-likeness (QED) is 0.123. The third kappa shape index (κ3) is 7.90. The van der Waals surface area contributed by atoms with Gasteiger partial charge in [-0.1, -0.05) is 192 Å². The normalized spacial score (nSPS) is 14.0. The summed E-state index contributed by atoms with van der Waals surface area (Å²) in [5.41, 5.74) is 10.1. The standard InChI is InChI=1S/C68H52N4O.Pt/c1-67(2,3)46-36-37-69-63(40-46)72-60-33-16-15-28-55(60)56-35-34-50(42-61(56)72)73-49-25-17-24-48(41-49)70-43-71-65-52(45-22-11-8-12-23-45)30-19-32-58(65)64-51(44-20-9-7-10-21-44)29-18-31-57(64)53-26-13-14-27-54(53)59-38-47(68(4,5)6)39-62(70)66(59)71;/h7-40H,1-6H3;/q-2;/i7D,8D,9D,10D,11D,12D,20D,21D,22D,23D;. The molecule has 0 saturated heterocycles. The van der Waals surface area contributed by atoms with Crippen molar-refractivity contribution >= 4 is 32.8 Å². The minimum absolute atomic E-state index is 0. The number of imidazole rings is 1. The van der Waals surface area contributed by atoms with E-state index in [9.17, 15) is 5.48 Å². The van der Waals surface area contributed by atoms with Crippen LogP contribution in [0.25, 0.3) is 106 Å². The zero-order chi connectivity index (χ0) is 58.3. The molecule has 4 heterocycles. The van der Waals surface area contributed by atoms with Crippen LogP contribution in [-0.2, 0) is 31.9 Å². The number of ether oxygens (including phenoxy) is 1. The molecule has 0 spiro atoms. The maximum atomic E-state index is 9.45. The SMILES string of the molecule is [2H]c1c([2H])c([2H])c(-c2cccc3c2-c2cccc(-c4c([2H])c([2H])c([2H])c([2H])c4[2H])c2-[n+]2[c-]n(-c4[c-]c(Oc5[c-]c6c(cc5)c5ccccc5n6-c5cc(C(C)(C)C)ccn5)ccc4)c4cc(C(C)(C)C)cc(c42)-c2ccccc2-3)c([2H])c1[2H].[Pt]. The molecule has 0 saturated carbocycles. The molecule has 9 aromatic carbocycles. The molecule has 362 valence electrons. The Balaban J connectivity index is 0.00000694. The Morgan fingerprint density at radius 3 is 1.89 bits per heavy atom. The fourth-order valence-electron chi connectivity index (χ4n) is 10.3. The molecule has 0 aliphatic carbocycles. The Morgan fingerprint density at radius 1 is 0.527 bits per heavy atom. The second-order valence-electron chi connectivity index (χ2n) is 20.5. The predicted molar refractivity (Wildman–Crippen MR) is 298 cm³/mol. The molecule has 0 amide bonds. The molecule has 0 atom stereocenters. The van der Waals surface area contributed by atoms with E-state index in [-0.39, 0.29) is 43.2 Å². The van der Waals surface area contributed by atoms with Crippen LogP contribution in [0.15, 0.2) is 206 Å². The van der Waals surface area contributed by atoms with Crippen LogP contribution in [0.5, 0.6) is 11.5 Å². The number of hydrogen-bond donors (Lipinski definition) is 0. The van der Waals surface area contributed by atoms with Crippen LogP contribution in [-0.4, -0.2) is 14.1 Å². The Morgan fingerprint density at radius 2 is 1.15 bits per heavy atom. The zero-order valence-corrected chi connectivity index (χ0v) is 43.6. The Bertz CT molecular complexity index is 4710. The van der Waals surface area contributed by atoms with Gasteiger partial charge in [-0.15, -0.1) is 29.7 Å². The van der Waals surface area contributed by atoms with E-state index in [2.05, 4.69) is 94.9 Å². The van der Waals surface area contributed by atoms with E-state index < -0.39 is 65.8 Å². The first-order valence-electron chi connectivity index (χ1n) is 29.3. The molecule has 13 rings (SSSR count). The van der Waals surface area contributed by atoms with Crippen molar-refractivity contribution in [2.24, 2.45) is 0 Å². The molecule has 3 aromatic heterocycles. The molecule has 0 bridgehead atoms. The van der Waals surface area contributed by atoms with Gasteiger partial charge in [0.1, 0.15) is 5.82 Å². The summed E-state index contributed by atoms with van der Waals surface area (Å²) >= 11 is 0. The number of aromatic nitrogens is 4. The number of pyridine rings is 1. The molecule has 1 aliphatic heterocycles. The van der Waals surface area contributed by atoms with E-state index in [0.717, 1.165) is 55.4 Å². The van der Waals surface area contributed by atoms with E-state index in [1.807, 2.05) is 106 Å². The minimum Gasteiger partial charge on any atom is -0.510 e. The van der Waals surface area contributed by atoms with Crippen molar-refractivity contribution in [3.63, 3.8) is 0 Å². The van der Waals surface area contributed by atoms with Gasteiger partial charge in [-0.2, -0.15) is 18.2 Å². The number of hydrogen-bond acceptors (Lipinski definition) is 2. The van der Waals surface area contributed by atoms with Gasteiger partial charge in [-0.25, -0.2) is 4.98 Å². The molecule has 0 N–H and O–H groups in total. The summed E-state index contributed by atoms with van der Waals surface area (Å²) in [5.74, 6) is 1.59. The largest absolute Gasteiger partial charge is 0.510 e. The van der Waals surface area contributed by atoms with Crippen LogP contribution in [0.1, 0.15) is 66.4 Å². The van der Waals surface area contributed by atoms with Crippen LogP contribution < -0.4 is 9.30 Å². The number of fused-ring (bicyclic) bond motifs is 10. The zero-order valence-electron chi connectivity index (χ0n) is 51.4. The molecular weight excluding hydrogens is 1080 g/mol. The summed E-state index contributed by atoms with van der Waals surface area (Å²) in [4.78, 5) is 4.86. The van der Waals surface area contributed by atoms with Gasteiger partial charge < -0.3 is 13.9 Å². The van der Waals surface area contributed by atoms with Crippen molar-refractivity contribution in [2.45, 2.75) is 52.4 Å². The fourth-order valence-corrected chi connectivity index (χ4v) is 10.3. The first kappa shape index (κ1) is 36.7. The topological polar surface area (TPSA) is 35.9 Å². The molecule has 12 aromatic rings. The van der Waals surface area contributed by atoms with Gasteiger partial charge in [-0.3, -0.25) is 4.57 Å². The predicted octanol–water partition coefficient (Wildman–Crippen LogP) is 16.8. The van der Waals surface area contributed by atoms with E-state index >= 15 is 0 Å². The summed E-state index contributed by atoms with van der Waals surface area (Å²) < 4.78 is 103. The van der Waals surface area contributed by atoms with Crippen LogP contribution in [0.3, 0.4) is 0 Å². The van der Waals surface area contributed by atoms with Gasteiger partial charge >= 0.3 is 0 Å². The first-order valence-corrected chi connectivity index (χ1v) is 24.3. The summed E-state index contributed by atoms with van der Waals surface area (Å²) in [7, 11) is 0. The molecule has 0 fully saturated rings. The van der Waals surface area contributed by atoms with Gasteiger partial charge in [0, 0.05) is 44.3 Å². The van der Waals surface area contributed by atoms with Gasteiger partial charge in [0.2, 0.25) is 0 Å². The number of para-hydroxylation sites is 2. The van der Waals surface area contributed by atoms with Crippen LogP contribution in [0, 0.1) is 18.5 Å². The van der Waals surface area contributed by atoms with Gasteiger partial charge in [0.25, 0.3) is 6.33 Å². The number of rotatable bonds is 6. The summed E-state index contributed by atoms with van der Waals surface area (Å²) in [5, 5.41) is 2.03. The van der Waals surface area contributed by atoms with Gasteiger partial charge in [-0.05, 0) is 113 Å². The van der Waals surface area contributed by atoms with Crippen molar-refractivity contribution in [1.82, 2.24) is 14.1 Å². The minimum atomic E-state index is -0.545. The Hall–Kier alpha value is -8.11. The second-order valence-corrected chi connectivity index (χ2v) is 20.5. The molecular formula is C68H52N4OPt-2. The molecule has 1 aliphatic rings. The third-order valence-corrected chi connectivity index (χ3v) is 13.9. The van der Waals surface area contributed by atoms with Crippen molar-refractivity contribution < 1.29 is 44.1 Å². The van der Waals surface area contributed by atoms with Crippen LogP contribution in [0.2, 0.25) is 0 Å². The molecule has 0 radical (unpaired) electrons. The van der Waals surface area contributed by atoms with E-state index in [1.54, 1.807) is 18.2 Å². The maximum absolute atomic E-state index is 9.45. The summed E-state index contributed by atoms with van der Waals surface area (Å²) in [6, 6.07) is 47.4. The second kappa shape index (κ2) is 18.1. The number of nitrogens with zero attached hydrogens (tertiary/aromatic N) is 4. The molecule has 74 heavy (non-hydrogen) atoms. The van der Waals surface area contributed by atoms with E-state index in [0.29, 0.717) is 56.2 Å². The monoisotopic (exact) mass is 1150 g/mol. The van der Waals surface area contributed by atoms with Crippen LogP contribution >= 0.6 is 0 Å². The summed E-state index contributed by atoms with van der Waals surface area (Å²) in [6.45, 7) is 13.0. The first-order chi connectivity index (χ1) is 39.6. The van der Waals surface area contributed by atoms with E-state index in [4.69, 9.17) is 17.9 Å². The average Bonchev–Trinajstić information content (AvgIpc) is 1.86. The maximum Gasteiger partial charge on any atom is 0.268 e. The smallest absolute Gasteiger partial charge is 0.268 e. The van der Waals surface area contributed by atoms with Crippen molar-refractivity contribution in [2.75, 3.05) is 0 Å². The van der Waals surface area contributed by atoms with Crippen molar-refractivity contribution in [3.8, 4) is 84.3 Å². The van der Waals surface area contributed by atoms with Gasteiger partial charge in [0.05, 0.1) is 30.4 Å². The van der Waals surface area contributed by atoms with Gasteiger partial charge in [0.15, 0.2) is 0 Å². The third-order valence-electron chi connectivity index (χ3n) is 13.9. The Labute approximate surface area is 461 Å². The Kier molecular flexibility index (Phi) is 9.00. The van der Waals surface area contributed by atoms with E-state index in [1.165, 1.54) is 0 Å². The number of benzene rings is 9. The molecule has 0 unspecified atom stereocenters. The fraction of sp³-hybridized carbons (Fsp3) is 0.118. The summed E-state index contributed by atoms with van der Waals surface area (Å²) in [6.07, 6.45) is 5.57. The molecule has 6 heteroatoms. The van der Waals surface area contributed by atoms with Crippen molar-refractivity contribution in [1.29, 1.82) is 0 Å².